The van der Waals surface area contributed by atoms with E-state index in [0.29, 0.717) is 6.04 Å². The number of hydrogen-bond donors (Lipinski definition) is 0. The van der Waals surface area contributed by atoms with Crippen LogP contribution in [-0.2, 0) is 0 Å². The van der Waals surface area contributed by atoms with Crippen molar-refractivity contribution in [3.63, 3.8) is 0 Å². The van der Waals surface area contributed by atoms with Gasteiger partial charge in [-0.15, -0.1) is 0 Å². The highest BCUT2D eigenvalue weighted by molar-refractivity contribution is 7.98. The number of piperidine rings is 1. The van der Waals surface area contributed by atoms with Gasteiger partial charge in [-0.25, -0.2) is 3.89 Å². The molecule has 19 heavy (non-hydrogen) atoms. The Balaban J connectivity index is 2.41. The second kappa shape index (κ2) is 8.87. The monoisotopic (exact) mass is 283 g/mol. The first-order chi connectivity index (χ1) is 9.16. The maximum absolute atomic E-state index is 9.16. The first-order valence-electron chi connectivity index (χ1n) is 8.10. The van der Waals surface area contributed by atoms with Crippen LogP contribution in [0, 0.1) is 16.6 Å². The molecule has 0 spiro atoms. The summed E-state index contributed by atoms with van der Waals surface area (Å²) in [5.41, 5.74) is 0. The molecule has 1 fully saturated rings. The highest BCUT2D eigenvalue weighted by Gasteiger charge is 2.41. The lowest BCUT2D eigenvalue weighted by molar-refractivity contribution is -0.831. The largest absolute Gasteiger partial charge is 0.246 e. The summed E-state index contributed by atoms with van der Waals surface area (Å²) in [5, 5.41) is 11.5. The zero-order valence-electron chi connectivity index (χ0n) is 13.0. The van der Waals surface area contributed by atoms with Gasteiger partial charge in [-0.1, -0.05) is 39.5 Å². The lowest BCUT2D eigenvalue weighted by Gasteiger charge is -2.45. The van der Waals surface area contributed by atoms with E-state index in [-0.39, 0.29) is 0 Å². The fourth-order valence-corrected chi connectivity index (χ4v) is 4.30. The van der Waals surface area contributed by atoms with Crippen LogP contribution in [0.4, 0.5) is 0 Å². The molecule has 1 aliphatic heterocycles. The number of unbranched alkanes of at least 4 members (excludes halogenated alkanes) is 5. The second-order valence-electron chi connectivity index (χ2n) is 6.21. The first kappa shape index (κ1) is 16.9. The van der Waals surface area contributed by atoms with Crippen molar-refractivity contribution in [2.75, 3.05) is 13.1 Å². The highest BCUT2D eigenvalue weighted by atomic mass is 32.2. The van der Waals surface area contributed by atoms with Crippen LogP contribution in [0.2, 0.25) is 0 Å². The molecule has 0 aromatic carbocycles. The minimum absolute atomic E-state index is 0.633. The Morgan fingerprint density at radius 2 is 1.84 bits per heavy atom. The van der Waals surface area contributed by atoms with Crippen LogP contribution in [0.3, 0.4) is 0 Å². The molecule has 2 nitrogen and oxygen atoms in total. The van der Waals surface area contributed by atoms with E-state index in [1.165, 1.54) is 76.4 Å². The number of rotatable bonds is 8. The molecule has 1 rings (SSSR count). The van der Waals surface area contributed by atoms with Crippen LogP contribution in [0.5, 0.6) is 0 Å². The van der Waals surface area contributed by atoms with E-state index < -0.39 is 0 Å². The van der Waals surface area contributed by atoms with Gasteiger partial charge in [0.25, 0.3) is 0 Å². The first-order valence-corrected chi connectivity index (χ1v) is 8.88. The molecule has 0 aliphatic carbocycles. The molecule has 0 radical (unpaired) electrons. The summed E-state index contributed by atoms with van der Waals surface area (Å²) < 4.78 is 0.992. The predicted molar refractivity (Wildman–Crippen MR) is 84.4 cm³/mol. The predicted octanol–water partition coefficient (Wildman–Crippen LogP) is 5.11. The topological polar surface area (TPSA) is 23.8 Å². The standard InChI is InChI=1S/C16H31N2S/c1-4-5-6-7-8-9-12-18(19-14-17)13-10-11-15(2)16(18)3/h15-16H,4-13H2,1-3H3/q+1. The summed E-state index contributed by atoms with van der Waals surface area (Å²) >= 11 is 1.52. The number of nitrogens with zero attached hydrogens (tertiary/aromatic N) is 2. The van der Waals surface area contributed by atoms with Crippen LogP contribution < -0.4 is 0 Å². The third-order valence-corrected chi connectivity index (χ3v) is 6.02. The van der Waals surface area contributed by atoms with Crippen LogP contribution in [0.15, 0.2) is 0 Å². The molecule has 110 valence electrons. The van der Waals surface area contributed by atoms with Crippen molar-refractivity contribution in [2.24, 2.45) is 5.92 Å². The Morgan fingerprint density at radius 1 is 1.16 bits per heavy atom. The molecule has 3 heteroatoms. The van der Waals surface area contributed by atoms with Gasteiger partial charge in [-0.05, 0) is 32.6 Å². The number of quaternary nitrogens is 1. The Bertz CT molecular complexity index is 287. The molecule has 1 heterocycles. The quantitative estimate of drug-likeness (QED) is 0.267. The lowest BCUT2D eigenvalue weighted by atomic mass is 9.91. The van der Waals surface area contributed by atoms with E-state index in [1.807, 2.05) is 0 Å². The molecule has 0 bridgehead atoms. The molecular weight excluding hydrogens is 252 g/mol. The fraction of sp³-hybridized carbons (Fsp3) is 0.938. The van der Waals surface area contributed by atoms with Gasteiger partial charge >= 0.3 is 0 Å². The Labute approximate surface area is 124 Å². The van der Waals surface area contributed by atoms with Crippen molar-refractivity contribution in [2.45, 2.75) is 78.2 Å². The summed E-state index contributed by atoms with van der Waals surface area (Å²) in [4.78, 5) is 0. The van der Waals surface area contributed by atoms with Gasteiger partial charge in [0, 0.05) is 5.92 Å². The molecule has 1 saturated heterocycles. The highest BCUT2D eigenvalue weighted by Crippen LogP contribution is 2.37. The maximum atomic E-state index is 9.16. The van der Waals surface area contributed by atoms with Crippen LogP contribution >= 0.6 is 11.9 Å². The van der Waals surface area contributed by atoms with E-state index in [2.05, 4.69) is 26.2 Å². The third-order valence-electron chi connectivity index (χ3n) is 4.87. The minimum atomic E-state index is 0.633. The normalized spacial score (nSPS) is 31.1. The van der Waals surface area contributed by atoms with E-state index in [0.717, 1.165) is 9.81 Å². The SMILES string of the molecule is CCCCCCCC[N+]1(SC#N)CCCC(C)C1C. The lowest BCUT2D eigenvalue weighted by Crippen LogP contribution is -2.54. The van der Waals surface area contributed by atoms with Gasteiger partial charge in [-0.3, -0.25) is 0 Å². The van der Waals surface area contributed by atoms with Crippen molar-refractivity contribution in [1.82, 2.24) is 0 Å². The summed E-state index contributed by atoms with van der Waals surface area (Å²) in [7, 11) is 0. The zero-order valence-corrected chi connectivity index (χ0v) is 13.8. The number of likely N-dealkylation sites (tertiary alicyclic amines) is 1. The Kier molecular flexibility index (Phi) is 7.87. The molecule has 1 aliphatic rings. The fourth-order valence-electron chi connectivity index (χ4n) is 3.32. The number of nitriles is 1. The number of thiocyanates is 1. The minimum Gasteiger partial charge on any atom is -0.246 e. The van der Waals surface area contributed by atoms with E-state index in [4.69, 9.17) is 5.26 Å². The smallest absolute Gasteiger partial charge is 0.196 e. The zero-order chi connectivity index (χ0) is 14.1. The second-order valence-corrected chi connectivity index (χ2v) is 7.30. The number of hydrogen-bond acceptors (Lipinski definition) is 2. The summed E-state index contributed by atoms with van der Waals surface area (Å²) in [6.45, 7) is 9.36. The maximum Gasteiger partial charge on any atom is 0.196 e. The molecule has 0 aromatic rings. The van der Waals surface area contributed by atoms with Gasteiger partial charge in [0.15, 0.2) is 17.3 Å². The molecule has 3 atom stereocenters. The molecule has 0 amide bonds. The van der Waals surface area contributed by atoms with Crippen LogP contribution in [0.25, 0.3) is 0 Å². The van der Waals surface area contributed by atoms with Gasteiger partial charge in [0.2, 0.25) is 0 Å². The van der Waals surface area contributed by atoms with Gasteiger partial charge in [-0.2, -0.15) is 5.26 Å². The van der Waals surface area contributed by atoms with Crippen LogP contribution in [0.1, 0.15) is 72.1 Å². The van der Waals surface area contributed by atoms with Crippen molar-refractivity contribution in [1.29, 1.82) is 5.26 Å². The van der Waals surface area contributed by atoms with Crippen molar-refractivity contribution < 1.29 is 3.89 Å². The molecule has 3 unspecified atom stereocenters. The van der Waals surface area contributed by atoms with Crippen molar-refractivity contribution >= 4 is 11.9 Å². The van der Waals surface area contributed by atoms with E-state index in [1.54, 1.807) is 0 Å². The van der Waals surface area contributed by atoms with E-state index in [9.17, 15) is 0 Å². The van der Waals surface area contributed by atoms with Gasteiger partial charge < -0.3 is 0 Å². The van der Waals surface area contributed by atoms with Crippen molar-refractivity contribution in [3.05, 3.63) is 0 Å². The Morgan fingerprint density at radius 3 is 2.53 bits per heavy atom. The molecular formula is C16H31N2S+. The molecule has 0 aromatic heterocycles. The average molecular weight is 284 g/mol. The van der Waals surface area contributed by atoms with Crippen LogP contribution in [-0.4, -0.2) is 23.0 Å². The Hall–Kier alpha value is -0.200. The summed E-state index contributed by atoms with van der Waals surface area (Å²) in [6, 6.07) is 0.633. The molecule has 0 saturated carbocycles. The van der Waals surface area contributed by atoms with Gasteiger partial charge in [0.05, 0.1) is 13.1 Å². The van der Waals surface area contributed by atoms with Gasteiger partial charge in [0.1, 0.15) is 6.04 Å². The molecule has 0 N–H and O–H groups in total. The average Bonchev–Trinajstić information content (AvgIpc) is 2.40. The van der Waals surface area contributed by atoms with E-state index >= 15 is 0 Å². The summed E-state index contributed by atoms with van der Waals surface area (Å²) in [5.74, 6) is 0.759. The third kappa shape index (κ3) is 5.00. The summed E-state index contributed by atoms with van der Waals surface area (Å²) in [6.07, 6.45) is 10.7. The van der Waals surface area contributed by atoms with Crippen molar-refractivity contribution in [3.8, 4) is 5.40 Å².